The van der Waals surface area contributed by atoms with Crippen molar-refractivity contribution in [2.75, 3.05) is 25.1 Å². The van der Waals surface area contributed by atoms with E-state index in [1.54, 1.807) is 18.2 Å². The molecule has 1 saturated heterocycles. The number of amides is 4. The van der Waals surface area contributed by atoms with Gasteiger partial charge in [-0.2, -0.15) is 5.01 Å². The zero-order valence-corrected chi connectivity index (χ0v) is 15.9. The molecule has 0 radical (unpaired) electrons. The Bertz CT molecular complexity index is 806. The number of imide groups is 1. The highest BCUT2D eigenvalue weighted by Crippen LogP contribution is 2.32. The predicted octanol–water partition coefficient (Wildman–Crippen LogP) is 0.533. The number of para-hydroxylation sites is 1. The Balaban J connectivity index is 1.56. The van der Waals surface area contributed by atoms with Crippen LogP contribution >= 0.6 is 0 Å². The fraction of sp³-hybridized carbons (Fsp3) is 0.474. The number of aliphatic hydroxyl groups is 1. The summed E-state index contributed by atoms with van der Waals surface area (Å²) in [5, 5.41) is 15.1. The second-order valence-electron chi connectivity index (χ2n) is 7.02. The van der Waals surface area contributed by atoms with E-state index in [4.69, 9.17) is 9.84 Å². The van der Waals surface area contributed by atoms with Crippen LogP contribution in [0.5, 0.6) is 0 Å². The first-order valence-electron chi connectivity index (χ1n) is 9.54. The van der Waals surface area contributed by atoms with Crippen LogP contribution in [0.15, 0.2) is 24.3 Å². The molecule has 156 valence electrons. The Labute approximate surface area is 167 Å². The van der Waals surface area contributed by atoms with Crippen molar-refractivity contribution in [3.8, 4) is 0 Å². The number of urea groups is 1. The lowest BCUT2D eigenvalue weighted by Gasteiger charge is -2.30. The quantitative estimate of drug-likeness (QED) is 0.384. The molecule has 0 unspecified atom stereocenters. The van der Waals surface area contributed by atoms with Gasteiger partial charge in [0.25, 0.3) is 11.8 Å². The number of carbonyl (C=O) groups excluding carboxylic acids is 4. The highest BCUT2D eigenvalue weighted by Gasteiger charge is 2.52. The van der Waals surface area contributed by atoms with Crippen LogP contribution < -0.4 is 16.1 Å². The first kappa shape index (κ1) is 20.6. The molecule has 1 spiro atoms. The van der Waals surface area contributed by atoms with Gasteiger partial charge in [0.15, 0.2) is 6.61 Å². The van der Waals surface area contributed by atoms with Gasteiger partial charge in [-0.05, 0) is 25.0 Å². The summed E-state index contributed by atoms with van der Waals surface area (Å²) in [6.45, 7) is -0.519. The van der Waals surface area contributed by atoms with Gasteiger partial charge < -0.3 is 20.5 Å². The molecule has 1 heterocycles. The zero-order valence-electron chi connectivity index (χ0n) is 15.9. The third-order valence-electron chi connectivity index (χ3n) is 5.01. The van der Waals surface area contributed by atoms with Crippen LogP contribution in [-0.2, 0) is 14.3 Å². The Morgan fingerprint density at radius 2 is 1.90 bits per heavy atom. The minimum absolute atomic E-state index is 0.112. The summed E-state index contributed by atoms with van der Waals surface area (Å²) in [7, 11) is 0. The molecular formula is C19H24N4O6. The molecule has 1 aromatic rings. The molecular weight excluding hydrogens is 380 g/mol. The fourth-order valence-corrected chi connectivity index (χ4v) is 3.59. The number of nitrogens with zero attached hydrogens (tertiary/aromatic N) is 1. The standard InChI is InChI=1S/C19H24N4O6/c24-11-10-20-14-7-3-2-6-13(14)16(26)29-12-15(25)22-23-17(27)19(21-18(23)28)8-4-1-5-9-19/h2-3,6-7,20,24H,1,4-5,8-12H2,(H,21,28)(H,22,25). The molecule has 29 heavy (non-hydrogen) atoms. The molecule has 2 aliphatic rings. The molecule has 1 saturated carbocycles. The molecule has 2 fully saturated rings. The summed E-state index contributed by atoms with van der Waals surface area (Å²) >= 11 is 0. The maximum atomic E-state index is 12.6. The number of benzene rings is 1. The predicted molar refractivity (Wildman–Crippen MR) is 102 cm³/mol. The number of esters is 1. The molecule has 10 nitrogen and oxygen atoms in total. The summed E-state index contributed by atoms with van der Waals surface area (Å²) in [6.07, 6.45) is 3.74. The van der Waals surface area contributed by atoms with Crippen LogP contribution in [0.3, 0.4) is 0 Å². The number of nitrogens with one attached hydrogen (secondary N) is 3. The van der Waals surface area contributed by atoms with Gasteiger partial charge in [0.1, 0.15) is 5.54 Å². The van der Waals surface area contributed by atoms with E-state index in [1.807, 2.05) is 0 Å². The molecule has 1 aliphatic heterocycles. The SMILES string of the molecule is O=C(COC(=O)c1ccccc1NCCO)NN1C(=O)NC2(CCCCC2)C1=O. The lowest BCUT2D eigenvalue weighted by atomic mass is 9.82. The van der Waals surface area contributed by atoms with Gasteiger partial charge in [-0.1, -0.05) is 31.4 Å². The van der Waals surface area contributed by atoms with E-state index in [0.717, 1.165) is 19.3 Å². The molecule has 3 rings (SSSR count). The maximum absolute atomic E-state index is 12.6. The minimum Gasteiger partial charge on any atom is -0.452 e. The monoisotopic (exact) mass is 404 g/mol. The topological polar surface area (TPSA) is 137 Å². The van der Waals surface area contributed by atoms with Crippen LogP contribution in [-0.4, -0.2) is 59.2 Å². The van der Waals surface area contributed by atoms with Crippen molar-refractivity contribution in [1.29, 1.82) is 0 Å². The Kier molecular flexibility index (Phi) is 6.32. The third kappa shape index (κ3) is 4.48. The van der Waals surface area contributed by atoms with Gasteiger partial charge in [0.05, 0.1) is 12.2 Å². The Morgan fingerprint density at radius 1 is 1.17 bits per heavy atom. The molecule has 0 bridgehead atoms. The van der Waals surface area contributed by atoms with E-state index in [0.29, 0.717) is 23.5 Å². The van der Waals surface area contributed by atoms with Crippen LogP contribution in [0.4, 0.5) is 10.5 Å². The first-order chi connectivity index (χ1) is 14.0. The zero-order chi connectivity index (χ0) is 20.9. The number of hydrogen-bond acceptors (Lipinski definition) is 7. The molecule has 1 aromatic carbocycles. The highest BCUT2D eigenvalue weighted by molar-refractivity contribution is 6.08. The Hall–Kier alpha value is -3.14. The van der Waals surface area contributed by atoms with Crippen molar-refractivity contribution in [1.82, 2.24) is 15.8 Å². The molecule has 4 N–H and O–H groups in total. The van der Waals surface area contributed by atoms with Gasteiger partial charge in [0.2, 0.25) is 0 Å². The number of rotatable bonds is 7. The normalized spacial score (nSPS) is 17.8. The van der Waals surface area contributed by atoms with E-state index < -0.39 is 36.0 Å². The van der Waals surface area contributed by atoms with E-state index in [9.17, 15) is 19.2 Å². The largest absolute Gasteiger partial charge is 0.452 e. The molecule has 0 aromatic heterocycles. The number of carbonyl (C=O) groups is 4. The number of hydrogen-bond donors (Lipinski definition) is 4. The van der Waals surface area contributed by atoms with Gasteiger partial charge in [-0.25, -0.2) is 9.59 Å². The van der Waals surface area contributed by atoms with E-state index >= 15 is 0 Å². The molecule has 1 aliphatic carbocycles. The van der Waals surface area contributed by atoms with Crippen LogP contribution in [0.25, 0.3) is 0 Å². The summed E-state index contributed by atoms with van der Waals surface area (Å²) in [6, 6.07) is 5.82. The number of aliphatic hydroxyl groups excluding tert-OH is 1. The van der Waals surface area contributed by atoms with Gasteiger partial charge in [-0.15, -0.1) is 0 Å². The summed E-state index contributed by atoms with van der Waals surface area (Å²) in [5.41, 5.74) is 1.92. The van der Waals surface area contributed by atoms with Crippen LogP contribution in [0.1, 0.15) is 42.5 Å². The fourth-order valence-electron chi connectivity index (χ4n) is 3.59. The molecule has 0 atom stereocenters. The Morgan fingerprint density at radius 3 is 2.62 bits per heavy atom. The van der Waals surface area contributed by atoms with E-state index in [1.165, 1.54) is 6.07 Å². The number of anilines is 1. The van der Waals surface area contributed by atoms with Crippen LogP contribution in [0, 0.1) is 0 Å². The van der Waals surface area contributed by atoms with Crippen molar-refractivity contribution < 1.29 is 29.0 Å². The summed E-state index contributed by atoms with van der Waals surface area (Å²) < 4.78 is 5.01. The van der Waals surface area contributed by atoms with Crippen molar-refractivity contribution in [3.05, 3.63) is 29.8 Å². The average molecular weight is 404 g/mol. The van der Waals surface area contributed by atoms with Crippen molar-refractivity contribution >= 4 is 29.5 Å². The number of hydrazine groups is 1. The minimum atomic E-state index is -0.948. The average Bonchev–Trinajstić information content (AvgIpc) is 2.95. The molecule has 4 amide bonds. The van der Waals surface area contributed by atoms with Crippen molar-refractivity contribution in [3.63, 3.8) is 0 Å². The first-order valence-corrected chi connectivity index (χ1v) is 9.54. The van der Waals surface area contributed by atoms with Crippen molar-refractivity contribution in [2.45, 2.75) is 37.6 Å². The molecule has 10 heteroatoms. The van der Waals surface area contributed by atoms with Gasteiger partial charge in [-0.3, -0.25) is 15.0 Å². The third-order valence-corrected chi connectivity index (χ3v) is 5.01. The highest BCUT2D eigenvalue weighted by atomic mass is 16.5. The van der Waals surface area contributed by atoms with Gasteiger partial charge in [0, 0.05) is 12.2 Å². The van der Waals surface area contributed by atoms with Crippen LogP contribution in [0.2, 0.25) is 0 Å². The second kappa shape index (κ2) is 8.91. The summed E-state index contributed by atoms with van der Waals surface area (Å²) in [4.78, 5) is 49.2. The lowest BCUT2D eigenvalue weighted by molar-refractivity contribution is -0.140. The number of ether oxygens (including phenoxy) is 1. The van der Waals surface area contributed by atoms with E-state index in [2.05, 4.69) is 16.1 Å². The van der Waals surface area contributed by atoms with Crippen molar-refractivity contribution in [2.24, 2.45) is 0 Å². The van der Waals surface area contributed by atoms with E-state index in [-0.39, 0.29) is 18.7 Å². The summed E-state index contributed by atoms with van der Waals surface area (Å²) in [5.74, 6) is -2.03. The lowest BCUT2D eigenvalue weighted by Crippen LogP contribution is -2.51. The smallest absolute Gasteiger partial charge is 0.344 e. The second-order valence-corrected chi connectivity index (χ2v) is 7.02. The maximum Gasteiger partial charge on any atom is 0.344 e. The van der Waals surface area contributed by atoms with Gasteiger partial charge >= 0.3 is 12.0 Å².